The summed E-state index contributed by atoms with van der Waals surface area (Å²) in [5.74, 6) is -4.91. The molecule has 0 unspecified atom stereocenters. The predicted octanol–water partition coefficient (Wildman–Crippen LogP) is -4.69. The molecule has 0 aromatic rings. The van der Waals surface area contributed by atoms with E-state index in [-0.39, 0.29) is 76.2 Å². The molecule has 0 aliphatic rings. The van der Waals surface area contributed by atoms with Gasteiger partial charge in [0, 0.05) is 53.0 Å². The van der Waals surface area contributed by atoms with Gasteiger partial charge in [-0.2, -0.15) is 0 Å². The minimum Gasteiger partial charge on any atom is -1.00 e. The standard InChI is InChI=1S/C10H16N2O8.BrH.H3N.Th/c13-7(14)3-11(4-8(15)16)1-2-12(5-9(17)18)6-10(19)20;;;/h1-6H2,(H,13,14)(H,15,16)(H,17,18)(H,19,20);1H;1H3;. The van der Waals surface area contributed by atoms with E-state index < -0.39 is 50.1 Å². The van der Waals surface area contributed by atoms with Crippen molar-refractivity contribution in [2.45, 2.75) is 0 Å². The molecule has 13 heteroatoms. The number of aliphatic carboxylic acids is 4. The molecule has 0 saturated carbocycles. The molecule has 11 nitrogen and oxygen atoms in total. The summed E-state index contributed by atoms with van der Waals surface area (Å²) in [7, 11) is 0. The third kappa shape index (κ3) is 19.5. The van der Waals surface area contributed by atoms with Crippen molar-refractivity contribution in [3.63, 3.8) is 0 Å². The summed E-state index contributed by atoms with van der Waals surface area (Å²) in [6.07, 6.45) is 0. The van der Waals surface area contributed by atoms with Crippen LogP contribution in [0.25, 0.3) is 0 Å². The minimum atomic E-state index is -1.23. The van der Waals surface area contributed by atoms with Crippen molar-refractivity contribution in [3.05, 3.63) is 0 Å². The monoisotopic (exact) mass is 621 g/mol. The van der Waals surface area contributed by atoms with E-state index >= 15 is 0 Å². The maximum absolute atomic E-state index is 10.6. The number of rotatable bonds is 11. The Morgan fingerprint density at radius 3 is 0.913 bits per heavy atom. The summed E-state index contributed by atoms with van der Waals surface area (Å²) in [4.78, 5) is 44.4. The number of quaternary nitrogens is 1. The van der Waals surface area contributed by atoms with Gasteiger partial charge in [0.2, 0.25) is 0 Å². The Bertz CT molecular complexity index is 330. The van der Waals surface area contributed by atoms with E-state index in [4.69, 9.17) is 20.4 Å². The van der Waals surface area contributed by atoms with Crippen LogP contribution in [0.3, 0.4) is 0 Å². The second-order valence-corrected chi connectivity index (χ2v) is 4.00. The van der Waals surface area contributed by atoms with Gasteiger partial charge in [-0.15, -0.1) is 0 Å². The van der Waals surface area contributed by atoms with Gasteiger partial charge < -0.3 is 43.6 Å². The van der Waals surface area contributed by atoms with Crippen molar-refractivity contribution in [3.8, 4) is 0 Å². The van der Waals surface area contributed by atoms with Gasteiger partial charge in [0.15, 0.2) is 0 Å². The fourth-order valence-corrected chi connectivity index (χ4v) is 1.48. The van der Waals surface area contributed by atoms with Gasteiger partial charge in [0.05, 0.1) is 26.2 Å². The number of hydrogen-bond donors (Lipinski definition) is 5. The van der Waals surface area contributed by atoms with Crippen LogP contribution in [-0.2, 0) is 19.2 Å². The molecule has 0 aliphatic heterocycles. The van der Waals surface area contributed by atoms with Crippen LogP contribution >= 0.6 is 0 Å². The van der Waals surface area contributed by atoms with Crippen LogP contribution in [0.4, 0.5) is 0 Å². The van der Waals surface area contributed by atoms with Crippen molar-refractivity contribution in [1.29, 1.82) is 0 Å². The summed E-state index contributed by atoms with van der Waals surface area (Å²) in [6, 6.07) is 0. The van der Waals surface area contributed by atoms with Gasteiger partial charge in [0.25, 0.3) is 0 Å². The Kier molecular flexibility index (Phi) is 21.7. The average molecular weight is 622 g/mol. The number of carbonyl (C=O) groups is 4. The van der Waals surface area contributed by atoms with Crippen LogP contribution in [0.15, 0.2) is 0 Å². The summed E-state index contributed by atoms with van der Waals surface area (Å²) in [5, 5.41) is 34.5. The summed E-state index contributed by atoms with van der Waals surface area (Å²) < 4.78 is 0. The average Bonchev–Trinajstić information content (AvgIpc) is 2.22. The summed E-state index contributed by atoms with van der Waals surface area (Å²) in [5.41, 5.74) is 0. The first-order valence-corrected chi connectivity index (χ1v) is 5.52. The van der Waals surface area contributed by atoms with Gasteiger partial charge in [-0.05, 0) is 0 Å². The Morgan fingerprint density at radius 2 is 0.783 bits per heavy atom. The molecule has 8 N–H and O–H groups in total. The molecule has 0 radical (unpaired) electrons. The quantitative estimate of drug-likeness (QED) is 0.150. The van der Waals surface area contributed by atoms with Crippen molar-refractivity contribution in [2.24, 2.45) is 0 Å². The Morgan fingerprint density at radius 1 is 0.609 bits per heavy atom. The normalized spacial score (nSPS) is 9.30. The molecule has 0 amide bonds. The molecule has 0 spiro atoms. The minimum absolute atomic E-state index is 0. The van der Waals surface area contributed by atoms with Crippen LogP contribution < -0.4 is 23.1 Å². The fourth-order valence-electron chi connectivity index (χ4n) is 1.48. The Labute approximate surface area is 174 Å². The number of carboxylic acids is 4. The van der Waals surface area contributed by atoms with E-state index in [0.29, 0.717) is 0 Å². The zero-order valence-electron chi connectivity index (χ0n) is 12.4. The topological polar surface area (TPSA) is 192 Å². The molecular weight excluding hydrogens is 602 g/mol. The molecule has 23 heavy (non-hydrogen) atoms. The Hall–Kier alpha value is -0.435. The number of hydrogen-bond acceptors (Lipinski definition) is 6. The van der Waals surface area contributed by atoms with E-state index in [0.717, 1.165) is 9.80 Å². The largest absolute Gasteiger partial charge is 1.00 e. The van der Waals surface area contributed by atoms with Gasteiger partial charge in [-0.3, -0.25) is 29.0 Å². The maximum Gasteiger partial charge on any atom is 0.317 e. The molecule has 0 bridgehead atoms. The van der Waals surface area contributed by atoms with E-state index in [1.807, 2.05) is 0 Å². The van der Waals surface area contributed by atoms with Gasteiger partial charge in [-0.25, -0.2) is 0 Å². The van der Waals surface area contributed by atoms with Crippen molar-refractivity contribution in [1.82, 2.24) is 16.0 Å². The van der Waals surface area contributed by atoms with Gasteiger partial charge >= 0.3 is 23.9 Å². The predicted molar refractivity (Wildman–Crippen MR) is 69.4 cm³/mol. The smallest absolute Gasteiger partial charge is 0.317 e. The molecule has 0 heterocycles. The van der Waals surface area contributed by atoms with Crippen LogP contribution in [0, 0.1) is 39.9 Å². The maximum atomic E-state index is 10.6. The zero-order chi connectivity index (χ0) is 15.7. The Balaban J connectivity index is -0.000000602. The van der Waals surface area contributed by atoms with Crippen LogP contribution in [0.5, 0.6) is 0 Å². The van der Waals surface area contributed by atoms with Crippen LogP contribution in [-0.4, -0.2) is 93.4 Å². The number of halogens is 1. The van der Waals surface area contributed by atoms with E-state index in [2.05, 4.69) is 0 Å². The summed E-state index contributed by atoms with van der Waals surface area (Å²) >= 11 is 0. The van der Waals surface area contributed by atoms with E-state index in [9.17, 15) is 19.2 Å². The fraction of sp³-hybridized carbons (Fsp3) is 0.600. The van der Waals surface area contributed by atoms with Crippen molar-refractivity contribution in [2.75, 3.05) is 39.3 Å². The SMILES string of the molecule is O=C(O)CN(CCN(CC(=O)O)CC(=O)O)CC(=O)O.[Br-].[NH4+].[Th]. The third-order valence-electron chi connectivity index (χ3n) is 2.17. The molecule has 0 aliphatic carbocycles. The van der Waals surface area contributed by atoms with Crippen molar-refractivity contribution < 1.29 is 96.5 Å². The zero-order valence-corrected chi connectivity index (χ0v) is 18.1. The first kappa shape index (κ1) is 30.4. The summed E-state index contributed by atoms with van der Waals surface area (Å²) in [6.45, 7) is -2.25. The number of carboxylic acid groups (broad SMARTS) is 4. The van der Waals surface area contributed by atoms with E-state index in [1.54, 1.807) is 0 Å². The van der Waals surface area contributed by atoms with Crippen LogP contribution in [0.1, 0.15) is 0 Å². The molecule has 0 aromatic heterocycles. The van der Waals surface area contributed by atoms with E-state index in [1.165, 1.54) is 0 Å². The molecule has 0 saturated heterocycles. The molecule has 134 valence electrons. The molecular formula is C10H20BrN3O8Th. The van der Waals surface area contributed by atoms with Gasteiger partial charge in [-0.1, -0.05) is 0 Å². The van der Waals surface area contributed by atoms with Crippen molar-refractivity contribution >= 4 is 23.9 Å². The first-order valence-electron chi connectivity index (χ1n) is 5.52. The number of nitrogens with zero attached hydrogens (tertiary/aromatic N) is 2. The van der Waals surface area contributed by atoms with Gasteiger partial charge in [0.1, 0.15) is 0 Å². The second kappa shape index (κ2) is 16.4. The third-order valence-corrected chi connectivity index (χ3v) is 2.17. The second-order valence-electron chi connectivity index (χ2n) is 4.00. The molecule has 0 rings (SSSR count). The molecule has 0 aromatic carbocycles. The molecule has 0 atom stereocenters. The first-order chi connectivity index (χ1) is 9.20. The van der Waals surface area contributed by atoms with Crippen LogP contribution in [0.2, 0.25) is 0 Å². The molecule has 0 fully saturated rings.